The van der Waals surface area contributed by atoms with Crippen molar-refractivity contribution in [2.45, 2.75) is 45.4 Å². The Labute approximate surface area is 111 Å². The molecule has 0 bridgehead atoms. The van der Waals surface area contributed by atoms with E-state index >= 15 is 0 Å². The lowest BCUT2D eigenvalue weighted by Gasteiger charge is -2.37. The minimum absolute atomic E-state index is 0.244. The average molecular weight is 275 g/mol. The first-order valence-electron chi connectivity index (χ1n) is 6.14. The zero-order valence-electron chi connectivity index (χ0n) is 11.1. The molecule has 0 aliphatic carbocycles. The van der Waals surface area contributed by atoms with Crippen LogP contribution < -0.4 is 5.32 Å². The molecule has 1 rings (SSSR count). The number of rotatable bonds is 4. The van der Waals surface area contributed by atoms with Crippen LogP contribution in [-0.4, -0.2) is 44.7 Å². The van der Waals surface area contributed by atoms with Gasteiger partial charge in [0.25, 0.3) is 0 Å². The highest BCUT2D eigenvalue weighted by molar-refractivity contribution is 8.13. The summed E-state index contributed by atoms with van der Waals surface area (Å²) in [6.45, 7) is 6.86. The third kappa shape index (κ3) is 2.29. The molecule has 104 valence electrons. The Hall–Kier alpha value is -0.590. The van der Waals surface area contributed by atoms with Gasteiger partial charge in [-0.15, -0.1) is 0 Å². The van der Waals surface area contributed by atoms with Gasteiger partial charge in [-0.3, -0.25) is 9.59 Å². The summed E-state index contributed by atoms with van der Waals surface area (Å²) < 4.78 is 0. The van der Waals surface area contributed by atoms with Gasteiger partial charge in [0, 0.05) is 0 Å². The highest BCUT2D eigenvalue weighted by Gasteiger charge is 2.60. The molecule has 4 atom stereocenters. The monoisotopic (exact) mass is 275 g/mol. The number of carbonyl (C=O) groups is 2. The van der Waals surface area contributed by atoms with Crippen molar-refractivity contribution in [3.05, 3.63) is 0 Å². The summed E-state index contributed by atoms with van der Waals surface area (Å²) in [5.74, 6) is -0.804. The highest BCUT2D eigenvalue weighted by atomic mass is 32.2. The number of nitrogens with one attached hydrogen (secondary N) is 1. The number of thioether (sulfide) groups is 1. The number of aliphatic hydroxyl groups excluding tert-OH is 2. The summed E-state index contributed by atoms with van der Waals surface area (Å²) in [7, 11) is 0. The molecule has 0 aromatic rings. The Morgan fingerprint density at radius 3 is 2.44 bits per heavy atom. The zero-order valence-corrected chi connectivity index (χ0v) is 12.0. The fourth-order valence-corrected chi connectivity index (χ4v) is 3.04. The van der Waals surface area contributed by atoms with Crippen molar-refractivity contribution in [2.24, 2.45) is 11.8 Å². The summed E-state index contributed by atoms with van der Waals surface area (Å²) in [5.41, 5.74) is -1.58. The molecule has 1 aliphatic rings. The van der Waals surface area contributed by atoms with Gasteiger partial charge in [-0.25, -0.2) is 0 Å². The van der Waals surface area contributed by atoms with Gasteiger partial charge in [0.15, 0.2) is 5.54 Å². The normalized spacial score (nSPS) is 33.6. The fourth-order valence-electron chi connectivity index (χ4n) is 2.25. The van der Waals surface area contributed by atoms with E-state index in [4.69, 9.17) is 0 Å². The molecule has 1 fully saturated rings. The van der Waals surface area contributed by atoms with Gasteiger partial charge >= 0.3 is 0 Å². The maximum absolute atomic E-state index is 12.2. The second kappa shape index (κ2) is 5.59. The molecule has 0 aromatic heterocycles. The Morgan fingerprint density at radius 2 is 2.11 bits per heavy atom. The van der Waals surface area contributed by atoms with Crippen LogP contribution in [0.5, 0.6) is 0 Å². The van der Waals surface area contributed by atoms with Gasteiger partial charge in [-0.1, -0.05) is 39.5 Å². The van der Waals surface area contributed by atoms with Gasteiger partial charge < -0.3 is 15.5 Å². The SMILES string of the molecule is CCSC(=O)[C@]1(C(O)C(C)C)NC(=O)[C@H](C)C1O. The predicted octanol–water partition coefficient (Wildman–Crippen LogP) is 0.149. The molecule has 1 heterocycles. The van der Waals surface area contributed by atoms with E-state index in [1.165, 1.54) is 0 Å². The number of aliphatic hydroxyl groups is 2. The third-order valence-corrected chi connectivity index (χ3v) is 4.28. The Kier molecular flexibility index (Phi) is 4.80. The molecule has 3 N–H and O–H groups in total. The van der Waals surface area contributed by atoms with Crippen LogP contribution in [-0.2, 0) is 9.59 Å². The van der Waals surface area contributed by atoms with Gasteiger partial charge in [-0.2, -0.15) is 0 Å². The maximum Gasteiger partial charge on any atom is 0.226 e. The Bertz CT molecular complexity index is 347. The molecule has 1 aliphatic heterocycles. The largest absolute Gasteiger partial charge is 0.390 e. The molecule has 6 heteroatoms. The van der Waals surface area contributed by atoms with Crippen LogP contribution in [0.15, 0.2) is 0 Å². The van der Waals surface area contributed by atoms with Crippen molar-refractivity contribution in [1.82, 2.24) is 5.32 Å². The lowest BCUT2D eigenvalue weighted by atomic mass is 9.81. The minimum atomic E-state index is -1.58. The van der Waals surface area contributed by atoms with Crippen LogP contribution in [0.4, 0.5) is 0 Å². The summed E-state index contributed by atoms with van der Waals surface area (Å²) in [6, 6.07) is 0. The summed E-state index contributed by atoms with van der Waals surface area (Å²) in [5, 5.41) is 22.6. The molecule has 1 saturated heterocycles. The molecule has 0 radical (unpaired) electrons. The smallest absolute Gasteiger partial charge is 0.226 e. The van der Waals surface area contributed by atoms with Crippen LogP contribution in [0, 0.1) is 11.8 Å². The van der Waals surface area contributed by atoms with Crippen LogP contribution in [0.1, 0.15) is 27.7 Å². The summed E-state index contributed by atoms with van der Waals surface area (Å²) in [6.07, 6.45) is -2.30. The Morgan fingerprint density at radius 1 is 1.56 bits per heavy atom. The van der Waals surface area contributed by atoms with Crippen LogP contribution in [0.25, 0.3) is 0 Å². The first-order chi connectivity index (χ1) is 8.28. The number of hydrogen-bond donors (Lipinski definition) is 3. The van der Waals surface area contributed by atoms with Crippen molar-refractivity contribution >= 4 is 22.8 Å². The summed E-state index contributed by atoms with van der Waals surface area (Å²) >= 11 is 1.01. The zero-order chi connectivity index (χ0) is 14.1. The maximum atomic E-state index is 12.2. The second-order valence-electron chi connectivity index (χ2n) is 5.00. The van der Waals surface area contributed by atoms with Crippen molar-refractivity contribution in [3.8, 4) is 0 Å². The molecule has 2 unspecified atom stereocenters. The molecule has 0 saturated carbocycles. The number of hydrogen-bond acceptors (Lipinski definition) is 5. The van der Waals surface area contributed by atoms with E-state index in [0.29, 0.717) is 5.75 Å². The number of amides is 1. The van der Waals surface area contributed by atoms with Crippen molar-refractivity contribution in [3.63, 3.8) is 0 Å². The van der Waals surface area contributed by atoms with E-state index in [2.05, 4.69) is 5.32 Å². The fraction of sp³-hybridized carbons (Fsp3) is 0.833. The van der Waals surface area contributed by atoms with E-state index in [9.17, 15) is 19.8 Å². The van der Waals surface area contributed by atoms with Gasteiger partial charge in [0.2, 0.25) is 11.0 Å². The molecule has 1 amide bonds. The average Bonchev–Trinajstić information content (AvgIpc) is 2.54. The standard InChI is InChI=1S/C12H21NO4S/c1-5-18-11(17)12(8(14)6(2)3)9(15)7(4)10(16)13-12/h6-9,14-15H,5H2,1-4H3,(H,13,16)/t7-,8?,9?,12-/m1/s1. The van der Waals surface area contributed by atoms with Crippen LogP contribution in [0.2, 0.25) is 0 Å². The highest BCUT2D eigenvalue weighted by Crippen LogP contribution is 2.35. The van der Waals surface area contributed by atoms with E-state index < -0.39 is 29.6 Å². The van der Waals surface area contributed by atoms with E-state index in [1.807, 2.05) is 6.92 Å². The molecular weight excluding hydrogens is 254 g/mol. The second-order valence-corrected chi connectivity index (χ2v) is 6.24. The first kappa shape index (κ1) is 15.5. The molecule has 0 spiro atoms. The molecule has 0 aromatic carbocycles. The quantitative estimate of drug-likeness (QED) is 0.680. The van der Waals surface area contributed by atoms with E-state index in [0.717, 1.165) is 11.8 Å². The van der Waals surface area contributed by atoms with Crippen LogP contribution in [0.3, 0.4) is 0 Å². The van der Waals surface area contributed by atoms with Crippen molar-refractivity contribution in [1.29, 1.82) is 0 Å². The van der Waals surface area contributed by atoms with Gasteiger partial charge in [0.05, 0.1) is 18.1 Å². The molecule has 5 nitrogen and oxygen atoms in total. The molecular formula is C12H21NO4S. The predicted molar refractivity (Wildman–Crippen MR) is 70.0 cm³/mol. The topological polar surface area (TPSA) is 86.6 Å². The van der Waals surface area contributed by atoms with E-state index in [1.54, 1.807) is 20.8 Å². The summed E-state index contributed by atoms with van der Waals surface area (Å²) in [4.78, 5) is 23.9. The van der Waals surface area contributed by atoms with Crippen LogP contribution >= 0.6 is 11.8 Å². The first-order valence-corrected chi connectivity index (χ1v) is 7.12. The molecule has 18 heavy (non-hydrogen) atoms. The lowest BCUT2D eigenvalue weighted by molar-refractivity contribution is -0.131. The van der Waals surface area contributed by atoms with Crippen molar-refractivity contribution < 1.29 is 19.8 Å². The van der Waals surface area contributed by atoms with Gasteiger partial charge in [-0.05, 0) is 11.7 Å². The van der Waals surface area contributed by atoms with Gasteiger partial charge in [0.1, 0.15) is 0 Å². The van der Waals surface area contributed by atoms with Crippen molar-refractivity contribution in [2.75, 3.05) is 5.75 Å². The number of carbonyl (C=O) groups excluding carboxylic acids is 2. The third-order valence-electron chi connectivity index (χ3n) is 3.39. The minimum Gasteiger partial charge on any atom is -0.390 e. The lowest BCUT2D eigenvalue weighted by Crippen LogP contribution is -2.64. The Balaban J connectivity index is 3.18. The van der Waals surface area contributed by atoms with E-state index in [-0.39, 0.29) is 11.0 Å².